The normalized spacial score (nSPS) is 16.5. The first-order valence-corrected chi connectivity index (χ1v) is 9.50. The van der Waals surface area contributed by atoms with Gasteiger partial charge in [-0.15, -0.1) is 0 Å². The molecular weight excluding hydrogens is 411 g/mol. The molecule has 27 heavy (non-hydrogen) atoms. The number of amides is 1. The van der Waals surface area contributed by atoms with Crippen molar-refractivity contribution in [3.8, 4) is 11.3 Å². The molecule has 7 heteroatoms. The predicted molar refractivity (Wildman–Crippen MR) is 106 cm³/mol. The number of anilines is 1. The maximum Gasteiger partial charge on any atom is 0.251 e. The predicted octanol–water partition coefficient (Wildman–Crippen LogP) is 3.99. The maximum atomic E-state index is 13.1. The number of carbonyl (C=O) groups is 1. The highest BCUT2D eigenvalue weighted by molar-refractivity contribution is 9.10. The number of hydrogen-bond acceptors (Lipinski definition) is 3. The Morgan fingerprint density at radius 1 is 1.19 bits per heavy atom. The molecule has 2 heterocycles. The molecule has 1 unspecified atom stereocenters. The average molecular weight is 429 g/mol. The third kappa shape index (κ3) is 4.03. The number of aromatic amines is 1. The molecule has 138 valence electrons. The second-order valence-electron chi connectivity index (χ2n) is 6.56. The Kier molecular flexibility index (Phi) is 4.94. The molecule has 0 radical (unpaired) electrons. The molecule has 1 saturated heterocycles. The quantitative estimate of drug-likeness (QED) is 0.660. The van der Waals surface area contributed by atoms with Crippen LogP contribution in [0.2, 0.25) is 0 Å². The molecule has 1 fully saturated rings. The van der Waals surface area contributed by atoms with Gasteiger partial charge in [0.2, 0.25) is 0 Å². The van der Waals surface area contributed by atoms with Crippen LogP contribution in [0.5, 0.6) is 0 Å². The fourth-order valence-electron chi connectivity index (χ4n) is 3.21. The van der Waals surface area contributed by atoms with Crippen LogP contribution in [0.15, 0.2) is 59.1 Å². The molecule has 0 saturated carbocycles. The molecule has 5 nitrogen and oxygen atoms in total. The Bertz CT molecular complexity index is 939. The van der Waals surface area contributed by atoms with Gasteiger partial charge in [0.1, 0.15) is 5.82 Å². The van der Waals surface area contributed by atoms with Crippen molar-refractivity contribution < 1.29 is 9.18 Å². The molecule has 1 amide bonds. The van der Waals surface area contributed by atoms with Crippen molar-refractivity contribution >= 4 is 27.7 Å². The second-order valence-corrected chi connectivity index (χ2v) is 7.47. The van der Waals surface area contributed by atoms with Gasteiger partial charge in [0.25, 0.3) is 5.91 Å². The largest absolute Gasteiger partial charge is 0.353 e. The van der Waals surface area contributed by atoms with Gasteiger partial charge >= 0.3 is 0 Å². The number of hydrogen-bond donors (Lipinski definition) is 2. The summed E-state index contributed by atoms with van der Waals surface area (Å²) in [6.07, 6.45) is 0.862. The van der Waals surface area contributed by atoms with Gasteiger partial charge in [-0.3, -0.25) is 9.89 Å². The van der Waals surface area contributed by atoms with Gasteiger partial charge in [-0.1, -0.05) is 15.9 Å². The van der Waals surface area contributed by atoms with Crippen molar-refractivity contribution in [3.05, 3.63) is 70.5 Å². The third-order valence-corrected chi connectivity index (χ3v) is 5.20. The van der Waals surface area contributed by atoms with Gasteiger partial charge in [-0.25, -0.2) is 4.39 Å². The molecule has 0 spiro atoms. The first-order chi connectivity index (χ1) is 13.1. The molecule has 1 aliphatic heterocycles. The van der Waals surface area contributed by atoms with Gasteiger partial charge in [0.05, 0.1) is 5.69 Å². The Labute approximate surface area is 164 Å². The van der Waals surface area contributed by atoms with E-state index in [9.17, 15) is 9.18 Å². The van der Waals surface area contributed by atoms with E-state index in [0.717, 1.165) is 34.5 Å². The summed E-state index contributed by atoms with van der Waals surface area (Å²) in [5.41, 5.74) is 2.37. The topological polar surface area (TPSA) is 61.0 Å². The Hall–Kier alpha value is -2.67. The van der Waals surface area contributed by atoms with Crippen LogP contribution in [0, 0.1) is 5.82 Å². The minimum atomic E-state index is -0.262. The molecular formula is C20H18BrFN4O. The molecule has 4 rings (SSSR count). The number of halogens is 2. The van der Waals surface area contributed by atoms with Crippen LogP contribution in [0.4, 0.5) is 10.2 Å². The summed E-state index contributed by atoms with van der Waals surface area (Å²) in [6.45, 7) is 1.52. The van der Waals surface area contributed by atoms with Crippen LogP contribution in [0.3, 0.4) is 0 Å². The third-order valence-electron chi connectivity index (χ3n) is 4.67. The Balaban J connectivity index is 1.39. The van der Waals surface area contributed by atoms with Crippen molar-refractivity contribution in [1.82, 2.24) is 15.5 Å². The highest BCUT2D eigenvalue weighted by Crippen LogP contribution is 2.24. The summed E-state index contributed by atoms with van der Waals surface area (Å²) < 4.78 is 14.0. The summed E-state index contributed by atoms with van der Waals surface area (Å²) in [5.74, 6) is 0.500. The van der Waals surface area contributed by atoms with Crippen LogP contribution < -0.4 is 10.2 Å². The van der Waals surface area contributed by atoms with E-state index in [1.54, 1.807) is 24.3 Å². The fourth-order valence-corrected chi connectivity index (χ4v) is 3.47. The lowest BCUT2D eigenvalue weighted by Gasteiger charge is -2.16. The van der Waals surface area contributed by atoms with Gasteiger partial charge in [-0.2, -0.15) is 5.10 Å². The van der Waals surface area contributed by atoms with E-state index in [4.69, 9.17) is 0 Å². The summed E-state index contributed by atoms with van der Waals surface area (Å²) in [6, 6.07) is 15.6. The number of rotatable bonds is 4. The van der Waals surface area contributed by atoms with Gasteiger partial charge < -0.3 is 10.2 Å². The number of aromatic nitrogens is 2. The molecule has 2 N–H and O–H groups in total. The van der Waals surface area contributed by atoms with Crippen LogP contribution in [-0.4, -0.2) is 35.2 Å². The SMILES string of the molecule is O=C(NC1CCN(c2cc(-c3ccc(F)cc3)[nH]n2)C1)c1ccc(Br)cc1. The fraction of sp³-hybridized carbons (Fsp3) is 0.200. The smallest absolute Gasteiger partial charge is 0.251 e. The van der Waals surface area contributed by atoms with Crippen LogP contribution in [-0.2, 0) is 0 Å². The van der Waals surface area contributed by atoms with E-state index in [-0.39, 0.29) is 17.8 Å². The maximum absolute atomic E-state index is 13.1. The molecule has 1 aromatic heterocycles. The van der Waals surface area contributed by atoms with Crippen molar-refractivity contribution in [2.24, 2.45) is 0 Å². The molecule has 3 aromatic rings. The number of H-pyrrole nitrogens is 1. The first-order valence-electron chi connectivity index (χ1n) is 8.71. The number of nitrogens with zero attached hydrogens (tertiary/aromatic N) is 2. The summed E-state index contributed by atoms with van der Waals surface area (Å²) in [4.78, 5) is 14.5. The van der Waals surface area contributed by atoms with Crippen LogP contribution in [0.1, 0.15) is 16.8 Å². The number of benzene rings is 2. The lowest BCUT2D eigenvalue weighted by molar-refractivity contribution is 0.0940. The standard InChI is InChI=1S/C20H18BrFN4O/c21-15-5-1-14(2-6-15)20(27)23-17-9-10-26(12-17)19-11-18(24-25-19)13-3-7-16(22)8-4-13/h1-8,11,17H,9-10,12H2,(H,23,27)(H,24,25). The van der Waals surface area contributed by atoms with Crippen LogP contribution >= 0.6 is 15.9 Å². The lowest BCUT2D eigenvalue weighted by atomic mass is 10.1. The minimum Gasteiger partial charge on any atom is -0.353 e. The zero-order valence-electron chi connectivity index (χ0n) is 14.5. The molecule has 0 aliphatic carbocycles. The van der Waals surface area contributed by atoms with Gasteiger partial charge in [0.15, 0.2) is 5.82 Å². The van der Waals surface area contributed by atoms with E-state index in [2.05, 4.69) is 36.3 Å². The van der Waals surface area contributed by atoms with E-state index >= 15 is 0 Å². The second kappa shape index (κ2) is 7.52. The molecule has 2 aromatic carbocycles. The summed E-state index contributed by atoms with van der Waals surface area (Å²) in [7, 11) is 0. The summed E-state index contributed by atoms with van der Waals surface area (Å²) in [5, 5.41) is 10.5. The van der Waals surface area contributed by atoms with E-state index in [1.165, 1.54) is 12.1 Å². The van der Waals surface area contributed by atoms with Crippen molar-refractivity contribution in [1.29, 1.82) is 0 Å². The first kappa shape index (κ1) is 17.7. The van der Waals surface area contributed by atoms with E-state index in [1.807, 2.05) is 18.2 Å². The van der Waals surface area contributed by atoms with Crippen LogP contribution in [0.25, 0.3) is 11.3 Å². The van der Waals surface area contributed by atoms with Gasteiger partial charge in [-0.05, 0) is 60.5 Å². The van der Waals surface area contributed by atoms with E-state index < -0.39 is 0 Å². The zero-order valence-corrected chi connectivity index (χ0v) is 16.0. The number of carbonyl (C=O) groups excluding carboxylic acids is 1. The highest BCUT2D eigenvalue weighted by atomic mass is 79.9. The molecule has 0 bridgehead atoms. The molecule has 1 atom stereocenters. The Morgan fingerprint density at radius 3 is 2.67 bits per heavy atom. The average Bonchev–Trinajstić information content (AvgIpc) is 3.32. The van der Waals surface area contributed by atoms with Crippen molar-refractivity contribution in [2.45, 2.75) is 12.5 Å². The highest BCUT2D eigenvalue weighted by Gasteiger charge is 2.26. The minimum absolute atomic E-state index is 0.0663. The summed E-state index contributed by atoms with van der Waals surface area (Å²) >= 11 is 3.37. The van der Waals surface area contributed by atoms with Crippen molar-refractivity contribution in [2.75, 3.05) is 18.0 Å². The monoisotopic (exact) mass is 428 g/mol. The van der Waals surface area contributed by atoms with E-state index in [0.29, 0.717) is 12.1 Å². The lowest BCUT2D eigenvalue weighted by Crippen LogP contribution is -2.37. The van der Waals surface area contributed by atoms with Crippen molar-refractivity contribution in [3.63, 3.8) is 0 Å². The van der Waals surface area contributed by atoms with Gasteiger partial charge in [0, 0.05) is 35.2 Å². The molecule has 1 aliphatic rings. The zero-order chi connectivity index (χ0) is 18.8. The number of nitrogens with one attached hydrogen (secondary N) is 2. The Morgan fingerprint density at radius 2 is 1.93 bits per heavy atom.